The number of hydrogen-bond donors (Lipinski definition) is 1. The standard InChI is InChI=1S/C16H14IN3O/c1-3-4-13-10(2)18-15-9-14(19-20(15)16(13)21)11-5-7-12(17)8-6-11/h3,5-9,19H,1,4H2,2H3. The molecular weight excluding hydrogens is 377 g/mol. The fourth-order valence-electron chi connectivity index (χ4n) is 2.33. The quantitative estimate of drug-likeness (QED) is 0.550. The maximum absolute atomic E-state index is 12.5. The van der Waals surface area contributed by atoms with Gasteiger partial charge in [-0.3, -0.25) is 9.89 Å². The Morgan fingerprint density at radius 3 is 2.76 bits per heavy atom. The highest BCUT2D eigenvalue weighted by Gasteiger charge is 2.11. The Labute approximate surface area is 135 Å². The second-order valence-corrected chi connectivity index (χ2v) is 6.09. The van der Waals surface area contributed by atoms with Crippen LogP contribution in [0.2, 0.25) is 0 Å². The molecule has 0 unspecified atom stereocenters. The van der Waals surface area contributed by atoms with Crippen LogP contribution >= 0.6 is 22.6 Å². The third-order valence-corrected chi connectivity index (χ3v) is 4.14. The van der Waals surface area contributed by atoms with Crippen molar-refractivity contribution < 1.29 is 0 Å². The number of nitrogens with one attached hydrogen (secondary N) is 1. The van der Waals surface area contributed by atoms with E-state index in [1.807, 2.05) is 37.3 Å². The van der Waals surface area contributed by atoms with Gasteiger partial charge in [0.05, 0.1) is 5.69 Å². The molecule has 1 aromatic carbocycles. The number of allylic oxidation sites excluding steroid dienone is 1. The Balaban J connectivity index is 2.20. The number of nitrogens with zero attached hydrogens (tertiary/aromatic N) is 2. The van der Waals surface area contributed by atoms with Gasteiger partial charge in [0, 0.05) is 20.9 Å². The van der Waals surface area contributed by atoms with Gasteiger partial charge in [-0.2, -0.15) is 0 Å². The topological polar surface area (TPSA) is 50.2 Å². The molecule has 0 bridgehead atoms. The van der Waals surface area contributed by atoms with E-state index < -0.39 is 0 Å². The molecule has 0 saturated heterocycles. The van der Waals surface area contributed by atoms with E-state index >= 15 is 0 Å². The number of hydrogen-bond acceptors (Lipinski definition) is 2. The van der Waals surface area contributed by atoms with Gasteiger partial charge in [0.25, 0.3) is 5.56 Å². The van der Waals surface area contributed by atoms with Gasteiger partial charge in [0.15, 0.2) is 5.65 Å². The molecule has 0 aliphatic heterocycles. The molecule has 0 saturated carbocycles. The van der Waals surface area contributed by atoms with E-state index in [-0.39, 0.29) is 5.56 Å². The number of rotatable bonds is 3. The summed E-state index contributed by atoms with van der Waals surface area (Å²) in [6, 6.07) is 10.0. The van der Waals surface area contributed by atoms with E-state index in [4.69, 9.17) is 0 Å². The van der Waals surface area contributed by atoms with Crippen molar-refractivity contribution >= 4 is 28.2 Å². The number of fused-ring (bicyclic) bond motifs is 1. The molecule has 0 aliphatic rings. The molecule has 0 radical (unpaired) electrons. The first-order chi connectivity index (χ1) is 10.1. The smallest absolute Gasteiger partial charge is 0.276 e. The lowest BCUT2D eigenvalue weighted by atomic mass is 10.1. The van der Waals surface area contributed by atoms with Crippen LogP contribution in [0.4, 0.5) is 0 Å². The van der Waals surface area contributed by atoms with E-state index in [9.17, 15) is 4.79 Å². The first kappa shape index (κ1) is 14.1. The lowest BCUT2D eigenvalue weighted by Crippen LogP contribution is -2.21. The molecule has 0 spiro atoms. The van der Waals surface area contributed by atoms with Crippen molar-refractivity contribution in [3.63, 3.8) is 0 Å². The predicted molar refractivity (Wildman–Crippen MR) is 92.6 cm³/mol. The number of aromatic nitrogens is 3. The van der Waals surface area contributed by atoms with Crippen molar-refractivity contribution in [2.24, 2.45) is 0 Å². The zero-order valence-corrected chi connectivity index (χ0v) is 13.7. The number of aryl methyl sites for hydroxylation is 1. The van der Waals surface area contributed by atoms with Gasteiger partial charge in [-0.1, -0.05) is 18.2 Å². The summed E-state index contributed by atoms with van der Waals surface area (Å²) in [5.74, 6) is 0. The molecule has 2 aromatic heterocycles. The average Bonchev–Trinajstić information content (AvgIpc) is 2.88. The second-order valence-electron chi connectivity index (χ2n) is 4.84. The molecular formula is C16H14IN3O. The van der Waals surface area contributed by atoms with Gasteiger partial charge in [0.1, 0.15) is 0 Å². The van der Waals surface area contributed by atoms with Gasteiger partial charge >= 0.3 is 0 Å². The van der Waals surface area contributed by atoms with E-state index in [2.05, 4.69) is 39.3 Å². The number of benzene rings is 1. The van der Waals surface area contributed by atoms with Crippen LogP contribution in [-0.2, 0) is 6.42 Å². The van der Waals surface area contributed by atoms with Gasteiger partial charge in [-0.15, -0.1) is 6.58 Å². The monoisotopic (exact) mass is 391 g/mol. The summed E-state index contributed by atoms with van der Waals surface area (Å²) in [5, 5.41) is 3.13. The summed E-state index contributed by atoms with van der Waals surface area (Å²) < 4.78 is 2.67. The molecule has 2 heterocycles. The van der Waals surface area contributed by atoms with Crippen LogP contribution in [0.3, 0.4) is 0 Å². The number of aromatic amines is 1. The molecule has 0 amide bonds. The van der Waals surface area contributed by atoms with Crippen molar-refractivity contribution in [1.29, 1.82) is 0 Å². The largest absolute Gasteiger partial charge is 0.289 e. The minimum atomic E-state index is -0.0610. The first-order valence-corrected chi connectivity index (χ1v) is 7.66. The van der Waals surface area contributed by atoms with Crippen LogP contribution in [0.1, 0.15) is 11.3 Å². The third-order valence-electron chi connectivity index (χ3n) is 3.42. The molecule has 3 aromatic rings. The van der Waals surface area contributed by atoms with E-state index in [0.29, 0.717) is 17.6 Å². The zero-order chi connectivity index (χ0) is 15.0. The molecule has 0 atom stereocenters. The Kier molecular flexibility index (Phi) is 3.67. The van der Waals surface area contributed by atoms with Gasteiger partial charge in [-0.05, 0) is 53.6 Å². The Bertz CT molecular complexity index is 875. The Hall–Kier alpha value is -1.89. The van der Waals surface area contributed by atoms with E-state index in [1.165, 1.54) is 8.09 Å². The van der Waals surface area contributed by atoms with Gasteiger partial charge in [-0.25, -0.2) is 9.50 Å². The van der Waals surface area contributed by atoms with Crippen LogP contribution < -0.4 is 5.56 Å². The zero-order valence-electron chi connectivity index (χ0n) is 11.6. The highest BCUT2D eigenvalue weighted by Crippen LogP contribution is 2.20. The summed E-state index contributed by atoms with van der Waals surface area (Å²) in [5.41, 5.74) is 3.92. The summed E-state index contributed by atoms with van der Waals surface area (Å²) in [7, 11) is 0. The van der Waals surface area contributed by atoms with Crippen LogP contribution in [0, 0.1) is 10.5 Å². The Morgan fingerprint density at radius 1 is 1.38 bits per heavy atom. The molecule has 0 aliphatic carbocycles. The van der Waals surface area contributed by atoms with E-state index in [1.54, 1.807) is 6.08 Å². The minimum absolute atomic E-state index is 0.0610. The van der Waals surface area contributed by atoms with Crippen molar-refractivity contribution in [3.05, 3.63) is 68.2 Å². The molecule has 21 heavy (non-hydrogen) atoms. The number of halogens is 1. The van der Waals surface area contributed by atoms with Crippen LogP contribution in [-0.4, -0.2) is 14.6 Å². The minimum Gasteiger partial charge on any atom is -0.289 e. The lowest BCUT2D eigenvalue weighted by Gasteiger charge is -2.02. The van der Waals surface area contributed by atoms with Crippen LogP contribution in [0.15, 0.2) is 47.8 Å². The predicted octanol–water partition coefficient (Wildman–Crippen LogP) is 3.33. The normalized spacial score (nSPS) is 11.0. The molecule has 106 valence electrons. The van der Waals surface area contributed by atoms with Crippen molar-refractivity contribution in [2.45, 2.75) is 13.3 Å². The van der Waals surface area contributed by atoms with Crippen LogP contribution in [0.5, 0.6) is 0 Å². The molecule has 4 nitrogen and oxygen atoms in total. The fourth-order valence-corrected chi connectivity index (χ4v) is 2.69. The molecule has 1 N–H and O–H groups in total. The Morgan fingerprint density at radius 2 is 2.10 bits per heavy atom. The summed E-state index contributed by atoms with van der Waals surface area (Å²) in [4.78, 5) is 17.0. The van der Waals surface area contributed by atoms with Crippen molar-refractivity contribution in [3.8, 4) is 11.3 Å². The van der Waals surface area contributed by atoms with Gasteiger partial charge < -0.3 is 0 Å². The molecule has 5 heteroatoms. The highest BCUT2D eigenvalue weighted by atomic mass is 127. The summed E-state index contributed by atoms with van der Waals surface area (Å²) >= 11 is 2.27. The maximum Gasteiger partial charge on any atom is 0.276 e. The van der Waals surface area contributed by atoms with Gasteiger partial charge in [0.2, 0.25) is 0 Å². The first-order valence-electron chi connectivity index (χ1n) is 6.58. The molecule has 3 rings (SSSR count). The van der Waals surface area contributed by atoms with Crippen molar-refractivity contribution in [2.75, 3.05) is 0 Å². The SMILES string of the molecule is C=CCc1c(C)nc2cc(-c3ccc(I)cc3)[nH]n2c1=O. The van der Waals surface area contributed by atoms with E-state index in [0.717, 1.165) is 17.0 Å². The fraction of sp³-hybridized carbons (Fsp3) is 0.125. The average molecular weight is 391 g/mol. The maximum atomic E-state index is 12.5. The lowest BCUT2D eigenvalue weighted by molar-refractivity contribution is 0.866. The second kappa shape index (κ2) is 5.48. The van der Waals surface area contributed by atoms with Crippen LogP contribution in [0.25, 0.3) is 16.9 Å². The van der Waals surface area contributed by atoms with Crippen molar-refractivity contribution in [1.82, 2.24) is 14.6 Å². The summed E-state index contributed by atoms with van der Waals surface area (Å²) in [6.07, 6.45) is 2.25. The third kappa shape index (κ3) is 2.53. The summed E-state index contributed by atoms with van der Waals surface area (Å²) in [6.45, 7) is 5.55. The highest BCUT2D eigenvalue weighted by molar-refractivity contribution is 14.1. The molecule has 0 fully saturated rings. The number of H-pyrrole nitrogens is 1.